The quantitative estimate of drug-likeness (QED) is 0.162. The molecule has 3 heterocycles. The minimum atomic E-state index is 0.567. The molecule has 0 aliphatic heterocycles. The Bertz CT molecular complexity index is 3590. The monoisotopic (exact) mass is 791 g/mol. The number of hydrogen-bond donors (Lipinski definition) is 0. The molecule has 0 amide bonds. The summed E-state index contributed by atoms with van der Waals surface area (Å²) >= 11 is 0. The fourth-order valence-electron chi connectivity index (χ4n) is 9.05. The van der Waals surface area contributed by atoms with Crippen LogP contribution in [0.3, 0.4) is 0 Å². The minimum Gasteiger partial charge on any atom is -0.309 e. The minimum absolute atomic E-state index is 0.567. The number of benzene rings is 9. The lowest BCUT2D eigenvalue weighted by molar-refractivity contribution is 0.954. The van der Waals surface area contributed by atoms with Crippen molar-refractivity contribution in [3.8, 4) is 67.8 Å². The SMILES string of the molecule is c1ccc(-c2ccc(-c3nc(-c4ccccc4)nc(-n4c5ccccc5c5cc6c(cc54)c4ccccc4n6-c4cc(-c5ccccc5)ccc4-c4ccccc4)n3)cc2)cc1. The van der Waals surface area contributed by atoms with E-state index in [1.165, 1.54) is 33.2 Å². The third-order valence-corrected chi connectivity index (χ3v) is 12.0. The van der Waals surface area contributed by atoms with Crippen LogP contribution < -0.4 is 0 Å². The Kier molecular flexibility index (Phi) is 8.42. The Morgan fingerprint density at radius 1 is 0.258 bits per heavy atom. The maximum Gasteiger partial charge on any atom is 0.238 e. The zero-order valence-corrected chi connectivity index (χ0v) is 33.6. The summed E-state index contributed by atoms with van der Waals surface area (Å²) in [6.07, 6.45) is 0. The molecule has 62 heavy (non-hydrogen) atoms. The first kappa shape index (κ1) is 35.5. The van der Waals surface area contributed by atoms with Crippen LogP contribution in [0.2, 0.25) is 0 Å². The molecule has 0 unspecified atom stereocenters. The van der Waals surface area contributed by atoms with Crippen molar-refractivity contribution in [2.75, 3.05) is 0 Å². The lowest BCUT2D eigenvalue weighted by Crippen LogP contribution is -2.06. The van der Waals surface area contributed by atoms with E-state index < -0.39 is 0 Å². The maximum absolute atomic E-state index is 5.29. The second kappa shape index (κ2) is 14.7. The van der Waals surface area contributed by atoms with Crippen LogP contribution >= 0.6 is 0 Å². The first-order chi connectivity index (χ1) is 30.7. The molecule has 5 heteroatoms. The predicted octanol–water partition coefficient (Wildman–Crippen LogP) is 14.4. The number of para-hydroxylation sites is 2. The molecule has 0 saturated heterocycles. The largest absolute Gasteiger partial charge is 0.309 e. The zero-order valence-electron chi connectivity index (χ0n) is 33.6. The maximum atomic E-state index is 5.29. The Morgan fingerprint density at radius 2 is 0.661 bits per heavy atom. The van der Waals surface area contributed by atoms with Gasteiger partial charge in [-0.15, -0.1) is 0 Å². The van der Waals surface area contributed by atoms with E-state index in [1.54, 1.807) is 0 Å². The van der Waals surface area contributed by atoms with E-state index in [2.05, 4.69) is 209 Å². The Morgan fingerprint density at radius 3 is 1.24 bits per heavy atom. The first-order valence-electron chi connectivity index (χ1n) is 20.9. The van der Waals surface area contributed by atoms with Crippen LogP contribution in [0, 0.1) is 0 Å². The number of rotatable bonds is 7. The molecule has 0 spiro atoms. The van der Waals surface area contributed by atoms with Crippen molar-refractivity contribution < 1.29 is 0 Å². The van der Waals surface area contributed by atoms with Crippen LogP contribution in [0.5, 0.6) is 0 Å². The highest BCUT2D eigenvalue weighted by molar-refractivity contribution is 6.19. The first-order valence-corrected chi connectivity index (χ1v) is 20.9. The molecule has 0 radical (unpaired) electrons. The normalized spacial score (nSPS) is 11.5. The summed E-state index contributed by atoms with van der Waals surface area (Å²) in [5, 5.41) is 4.56. The van der Waals surface area contributed by atoms with Crippen molar-refractivity contribution >= 4 is 43.6 Å². The Labute approximate surface area is 358 Å². The van der Waals surface area contributed by atoms with E-state index in [4.69, 9.17) is 15.0 Å². The molecule has 3 aromatic heterocycles. The molecular weight excluding hydrogens is 755 g/mol. The zero-order chi connectivity index (χ0) is 41.0. The Balaban J connectivity index is 1.12. The van der Waals surface area contributed by atoms with Gasteiger partial charge in [0.05, 0.1) is 27.8 Å². The van der Waals surface area contributed by atoms with E-state index in [-0.39, 0.29) is 0 Å². The molecule has 5 nitrogen and oxygen atoms in total. The molecule has 0 aliphatic rings. The van der Waals surface area contributed by atoms with Gasteiger partial charge >= 0.3 is 0 Å². The number of aromatic nitrogens is 5. The summed E-state index contributed by atoms with van der Waals surface area (Å²) in [5.41, 5.74) is 14.3. The summed E-state index contributed by atoms with van der Waals surface area (Å²) in [5.74, 6) is 1.80. The standard InChI is InChI=1S/C57H37N5/c1-5-17-38(18-6-1)40-29-31-43(32-30-40)56-58-55(42-23-11-4-12-24-42)59-57(60-56)62-51-28-16-14-26-47(51)49-36-53-48(37-54(49)62)46-25-13-15-27-50(46)61(53)52-35-44(39-19-7-2-8-20-39)33-34-45(52)41-21-9-3-10-22-41/h1-37H. The summed E-state index contributed by atoms with van der Waals surface area (Å²) < 4.78 is 4.68. The van der Waals surface area contributed by atoms with Crippen LogP contribution in [0.1, 0.15) is 0 Å². The van der Waals surface area contributed by atoms with E-state index >= 15 is 0 Å². The summed E-state index contributed by atoms with van der Waals surface area (Å²) in [6, 6.07) is 79.4. The van der Waals surface area contributed by atoms with Gasteiger partial charge in [0, 0.05) is 38.2 Å². The van der Waals surface area contributed by atoms with Gasteiger partial charge in [-0.2, -0.15) is 9.97 Å². The second-order valence-electron chi connectivity index (χ2n) is 15.6. The van der Waals surface area contributed by atoms with Crippen LogP contribution in [-0.4, -0.2) is 24.1 Å². The van der Waals surface area contributed by atoms with Crippen molar-refractivity contribution in [3.05, 3.63) is 224 Å². The highest BCUT2D eigenvalue weighted by Gasteiger charge is 2.22. The van der Waals surface area contributed by atoms with Crippen molar-refractivity contribution in [2.24, 2.45) is 0 Å². The van der Waals surface area contributed by atoms with Gasteiger partial charge in [-0.25, -0.2) is 4.98 Å². The van der Waals surface area contributed by atoms with Gasteiger partial charge in [-0.3, -0.25) is 4.57 Å². The Hall–Kier alpha value is -8.41. The van der Waals surface area contributed by atoms with Crippen LogP contribution in [0.4, 0.5) is 0 Å². The van der Waals surface area contributed by atoms with Gasteiger partial charge in [-0.05, 0) is 58.1 Å². The summed E-state index contributed by atoms with van der Waals surface area (Å²) in [7, 11) is 0. The summed E-state index contributed by atoms with van der Waals surface area (Å²) in [6.45, 7) is 0. The van der Waals surface area contributed by atoms with E-state index in [1.807, 2.05) is 24.3 Å². The van der Waals surface area contributed by atoms with Gasteiger partial charge in [0.25, 0.3) is 0 Å². The van der Waals surface area contributed by atoms with Crippen molar-refractivity contribution in [1.82, 2.24) is 24.1 Å². The average Bonchev–Trinajstić information content (AvgIpc) is 3.86. The third kappa shape index (κ3) is 5.98. The highest BCUT2D eigenvalue weighted by Crippen LogP contribution is 2.42. The fourth-order valence-corrected chi connectivity index (χ4v) is 9.05. The molecule has 290 valence electrons. The topological polar surface area (TPSA) is 48.5 Å². The smallest absolute Gasteiger partial charge is 0.238 e. The van der Waals surface area contributed by atoms with Crippen molar-refractivity contribution in [1.29, 1.82) is 0 Å². The number of fused-ring (bicyclic) bond motifs is 6. The van der Waals surface area contributed by atoms with Gasteiger partial charge in [0.15, 0.2) is 11.6 Å². The molecule has 12 rings (SSSR count). The molecule has 0 atom stereocenters. The van der Waals surface area contributed by atoms with Gasteiger partial charge in [0.1, 0.15) is 0 Å². The summed E-state index contributed by atoms with van der Waals surface area (Å²) in [4.78, 5) is 15.6. The molecule has 0 aliphatic carbocycles. The molecular formula is C57H37N5. The molecule has 0 bridgehead atoms. The van der Waals surface area contributed by atoms with E-state index in [0.717, 1.165) is 60.6 Å². The average molecular weight is 792 g/mol. The molecule has 12 aromatic rings. The van der Waals surface area contributed by atoms with E-state index in [9.17, 15) is 0 Å². The van der Waals surface area contributed by atoms with Crippen molar-refractivity contribution in [3.63, 3.8) is 0 Å². The molecule has 0 saturated carbocycles. The lowest BCUT2D eigenvalue weighted by atomic mass is 9.98. The number of hydrogen-bond acceptors (Lipinski definition) is 3. The number of nitrogens with zero attached hydrogens (tertiary/aromatic N) is 5. The third-order valence-electron chi connectivity index (χ3n) is 12.0. The van der Waals surface area contributed by atoms with Crippen LogP contribution in [0.15, 0.2) is 224 Å². The van der Waals surface area contributed by atoms with Crippen LogP contribution in [-0.2, 0) is 0 Å². The molecule has 0 fully saturated rings. The van der Waals surface area contributed by atoms with E-state index in [0.29, 0.717) is 17.6 Å². The van der Waals surface area contributed by atoms with Gasteiger partial charge < -0.3 is 4.57 Å². The van der Waals surface area contributed by atoms with Gasteiger partial charge in [0.2, 0.25) is 5.95 Å². The van der Waals surface area contributed by atoms with Crippen molar-refractivity contribution in [2.45, 2.75) is 0 Å². The predicted molar refractivity (Wildman–Crippen MR) is 256 cm³/mol. The van der Waals surface area contributed by atoms with Crippen LogP contribution in [0.25, 0.3) is 111 Å². The second-order valence-corrected chi connectivity index (χ2v) is 15.6. The highest BCUT2D eigenvalue weighted by atomic mass is 15.2. The van der Waals surface area contributed by atoms with Gasteiger partial charge in [-0.1, -0.05) is 194 Å². The molecule has 9 aromatic carbocycles. The molecule has 0 N–H and O–H groups in total. The lowest BCUT2D eigenvalue weighted by Gasteiger charge is -2.16. The fraction of sp³-hybridized carbons (Fsp3) is 0.